The highest BCUT2D eigenvalue weighted by molar-refractivity contribution is 6.11. The van der Waals surface area contributed by atoms with E-state index in [9.17, 15) is 9.90 Å². The molecule has 0 fully saturated rings. The van der Waals surface area contributed by atoms with Gasteiger partial charge in [-0.15, -0.1) is 0 Å². The molecule has 0 aliphatic heterocycles. The van der Waals surface area contributed by atoms with Crippen LogP contribution in [-0.4, -0.2) is 17.0 Å². The molecule has 0 amide bonds. The van der Waals surface area contributed by atoms with Gasteiger partial charge >= 0.3 is 0 Å². The summed E-state index contributed by atoms with van der Waals surface area (Å²) in [4.78, 5) is 11.6. The minimum atomic E-state index is -0.706. The summed E-state index contributed by atoms with van der Waals surface area (Å²) in [7, 11) is 0. The van der Waals surface area contributed by atoms with Crippen LogP contribution in [0, 0.1) is 0 Å². The zero-order valence-corrected chi connectivity index (χ0v) is 7.16. The topological polar surface area (TPSA) is 37.3 Å². The van der Waals surface area contributed by atoms with Crippen molar-refractivity contribution in [3.05, 3.63) is 47.5 Å². The Morgan fingerprint density at radius 2 is 2.08 bits per heavy atom. The lowest BCUT2D eigenvalue weighted by Gasteiger charge is -2.21. The predicted molar refractivity (Wildman–Crippen MR) is 49.6 cm³/mol. The van der Waals surface area contributed by atoms with Crippen LogP contribution in [0.1, 0.15) is 15.9 Å². The smallest absolute Gasteiger partial charge is 0.191 e. The van der Waals surface area contributed by atoms with E-state index in [4.69, 9.17) is 0 Å². The van der Waals surface area contributed by atoms with Crippen molar-refractivity contribution in [1.29, 1.82) is 0 Å². The van der Waals surface area contributed by atoms with Crippen LogP contribution in [-0.2, 0) is 6.42 Å². The molecule has 0 heterocycles. The Bertz CT molecular complexity index is 379. The van der Waals surface area contributed by atoms with Crippen LogP contribution in [0.15, 0.2) is 36.4 Å². The van der Waals surface area contributed by atoms with Crippen molar-refractivity contribution in [2.45, 2.75) is 12.5 Å². The highest BCUT2D eigenvalue weighted by Crippen LogP contribution is 2.23. The molecule has 0 aromatic heterocycles. The summed E-state index contributed by atoms with van der Waals surface area (Å²) in [5, 5.41) is 9.47. The predicted octanol–water partition coefficient (Wildman–Crippen LogP) is 1.34. The molecule has 66 valence electrons. The van der Waals surface area contributed by atoms with E-state index in [0.29, 0.717) is 17.6 Å². The largest absolute Gasteiger partial charge is 0.388 e. The molecule has 0 saturated heterocycles. The van der Waals surface area contributed by atoms with Crippen LogP contribution in [0.5, 0.6) is 0 Å². The zero-order chi connectivity index (χ0) is 9.42. The van der Waals surface area contributed by atoms with Gasteiger partial charge in [0.25, 0.3) is 0 Å². The van der Waals surface area contributed by atoms with Gasteiger partial charge in [0, 0.05) is 17.6 Å². The van der Waals surface area contributed by atoms with E-state index in [1.165, 1.54) is 0 Å². The summed E-state index contributed by atoms with van der Waals surface area (Å²) in [5.74, 6) is -0.130. The molecule has 0 spiro atoms. The van der Waals surface area contributed by atoms with Gasteiger partial charge in [0.2, 0.25) is 0 Å². The minimum absolute atomic E-state index is 0.130. The molecule has 0 saturated carbocycles. The Kier molecular flexibility index (Phi) is 1.78. The number of rotatable bonds is 0. The number of hydrogen-bond acceptors (Lipinski definition) is 2. The Morgan fingerprint density at radius 1 is 1.38 bits per heavy atom. The molecule has 1 aliphatic rings. The van der Waals surface area contributed by atoms with Crippen LogP contribution in [0.4, 0.5) is 0 Å². The maximum absolute atomic E-state index is 11.6. The van der Waals surface area contributed by atoms with Gasteiger partial charge in [-0.2, -0.15) is 0 Å². The number of hydrogen-bond donors (Lipinski definition) is 1. The van der Waals surface area contributed by atoms with Gasteiger partial charge in [-0.3, -0.25) is 4.79 Å². The van der Waals surface area contributed by atoms with Crippen molar-refractivity contribution in [2.24, 2.45) is 0 Å². The van der Waals surface area contributed by atoms with E-state index in [-0.39, 0.29) is 5.78 Å². The van der Waals surface area contributed by atoms with E-state index >= 15 is 0 Å². The SMILES string of the molecule is C=C1C(=O)c2ccccc2CC1O. The fourth-order valence-corrected chi connectivity index (χ4v) is 1.58. The van der Waals surface area contributed by atoms with Gasteiger partial charge < -0.3 is 5.11 Å². The number of fused-ring (bicyclic) bond motifs is 1. The number of ketones is 1. The molecule has 1 aliphatic carbocycles. The van der Waals surface area contributed by atoms with Gasteiger partial charge in [0.1, 0.15) is 0 Å². The Hall–Kier alpha value is -1.41. The van der Waals surface area contributed by atoms with Crippen molar-refractivity contribution in [3.8, 4) is 0 Å². The summed E-state index contributed by atoms with van der Waals surface area (Å²) >= 11 is 0. The van der Waals surface area contributed by atoms with Crippen molar-refractivity contribution in [1.82, 2.24) is 0 Å². The number of carbonyl (C=O) groups is 1. The van der Waals surface area contributed by atoms with Crippen LogP contribution >= 0.6 is 0 Å². The van der Waals surface area contributed by atoms with E-state index in [1.807, 2.05) is 18.2 Å². The number of carbonyl (C=O) groups excluding carboxylic acids is 1. The van der Waals surface area contributed by atoms with Crippen molar-refractivity contribution >= 4 is 5.78 Å². The standard InChI is InChI=1S/C11H10O2/c1-7-10(12)6-8-4-2-3-5-9(8)11(7)13/h2-5,10,12H,1,6H2. The second kappa shape index (κ2) is 2.82. The van der Waals surface area contributed by atoms with Gasteiger partial charge in [-0.25, -0.2) is 0 Å². The lowest BCUT2D eigenvalue weighted by Crippen LogP contribution is -2.26. The molecule has 2 rings (SSSR count). The summed E-state index contributed by atoms with van der Waals surface area (Å²) in [6.07, 6.45) is -0.205. The highest BCUT2D eigenvalue weighted by atomic mass is 16.3. The molecule has 2 nitrogen and oxygen atoms in total. The summed E-state index contributed by atoms with van der Waals surface area (Å²) in [6, 6.07) is 7.33. The van der Waals surface area contributed by atoms with Gasteiger partial charge in [-0.1, -0.05) is 30.8 Å². The molecule has 1 atom stereocenters. The van der Waals surface area contributed by atoms with Crippen molar-refractivity contribution in [3.63, 3.8) is 0 Å². The zero-order valence-electron chi connectivity index (χ0n) is 7.16. The third kappa shape index (κ3) is 1.19. The normalized spacial score (nSPS) is 21.5. The molecule has 1 aromatic carbocycles. The third-order valence-corrected chi connectivity index (χ3v) is 2.37. The average molecular weight is 174 g/mol. The number of Topliss-reactive ketones (excluding diaryl/α,β-unsaturated/α-hetero) is 1. The van der Waals surface area contributed by atoms with Crippen LogP contribution in [0.25, 0.3) is 0 Å². The minimum Gasteiger partial charge on any atom is -0.388 e. The first-order valence-electron chi connectivity index (χ1n) is 4.19. The quantitative estimate of drug-likeness (QED) is 0.603. The van der Waals surface area contributed by atoms with Crippen LogP contribution < -0.4 is 0 Å². The number of aliphatic hydroxyl groups is 1. The monoisotopic (exact) mass is 174 g/mol. The Balaban J connectivity index is 2.55. The second-order valence-electron chi connectivity index (χ2n) is 3.23. The molecule has 1 N–H and O–H groups in total. The molecular weight excluding hydrogens is 164 g/mol. The van der Waals surface area contributed by atoms with Gasteiger partial charge in [0.05, 0.1) is 6.10 Å². The highest BCUT2D eigenvalue weighted by Gasteiger charge is 2.26. The Morgan fingerprint density at radius 3 is 2.85 bits per heavy atom. The summed E-state index contributed by atoms with van der Waals surface area (Å²) in [5.41, 5.74) is 1.89. The first-order chi connectivity index (χ1) is 6.20. The number of benzene rings is 1. The van der Waals surface area contributed by atoms with E-state index in [1.54, 1.807) is 6.07 Å². The summed E-state index contributed by atoms with van der Waals surface area (Å²) in [6.45, 7) is 3.58. The van der Waals surface area contributed by atoms with E-state index < -0.39 is 6.10 Å². The second-order valence-corrected chi connectivity index (χ2v) is 3.23. The lowest BCUT2D eigenvalue weighted by atomic mass is 9.86. The first kappa shape index (κ1) is 8.20. The molecule has 2 heteroatoms. The average Bonchev–Trinajstić information content (AvgIpc) is 2.15. The van der Waals surface area contributed by atoms with Crippen LogP contribution in [0.2, 0.25) is 0 Å². The molecule has 13 heavy (non-hydrogen) atoms. The lowest BCUT2D eigenvalue weighted by molar-refractivity contribution is 0.0971. The van der Waals surface area contributed by atoms with Crippen molar-refractivity contribution < 1.29 is 9.90 Å². The molecular formula is C11H10O2. The third-order valence-electron chi connectivity index (χ3n) is 2.37. The molecule has 0 radical (unpaired) electrons. The fourth-order valence-electron chi connectivity index (χ4n) is 1.58. The maximum atomic E-state index is 11.6. The molecule has 1 aromatic rings. The molecule has 1 unspecified atom stereocenters. The first-order valence-corrected chi connectivity index (χ1v) is 4.19. The van der Waals surface area contributed by atoms with Gasteiger partial charge in [0.15, 0.2) is 5.78 Å². The molecule has 0 bridgehead atoms. The fraction of sp³-hybridized carbons (Fsp3) is 0.182. The van der Waals surface area contributed by atoms with Gasteiger partial charge in [-0.05, 0) is 5.56 Å². The van der Waals surface area contributed by atoms with E-state index in [0.717, 1.165) is 5.56 Å². The van der Waals surface area contributed by atoms with Crippen LogP contribution in [0.3, 0.4) is 0 Å². The summed E-state index contributed by atoms with van der Waals surface area (Å²) < 4.78 is 0. The van der Waals surface area contributed by atoms with Crippen molar-refractivity contribution in [2.75, 3.05) is 0 Å². The van der Waals surface area contributed by atoms with E-state index in [2.05, 4.69) is 6.58 Å². The number of aliphatic hydroxyl groups excluding tert-OH is 1. The maximum Gasteiger partial charge on any atom is 0.191 e. The Labute approximate surface area is 76.5 Å².